The van der Waals surface area contributed by atoms with Crippen molar-refractivity contribution >= 4 is 17.6 Å². The highest BCUT2D eigenvalue weighted by Crippen LogP contribution is 2.26. The van der Waals surface area contributed by atoms with Crippen LogP contribution in [0.3, 0.4) is 0 Å². The Bertz CT molecular complexity index is 1170. The normalized spacial score (nSPS) is 10.6. The van der Waals surface area contributed by atoms with E-state index in [1.165, 1.54) is 12.3 Å². The van der Waals surface area contributed by atoms with E-state index in [2.05, 4.69) is 20.6 Å². The lowest BCUT2D eigenvalue weighted by molar-refractivity contribution is 0.0519. The van der Waals surface area contributed by atoms with Crippen molar-refractivity contribution < 1.29 is 18.8 Å². The number of esters is 1. The first-order chi connectivity index (χ1) is 14.7. The van der Waals surface area contributed by atoms with Gasteiger partial charge >= 0.3 is 5.97 Å². The number of carbonyl (C=O) groups excluding carboxylic acids is 2. The van der Waals surface area contributed by atoms with Gasteiger partial charge in [0.2, 0.25) is 5.76 Å². The molecular formula is C21H17N5O4. The lowest BCUT2D eigenvalue weighted by Crippen LogP contribution is -2.11. The Hall–Kier alpha value is -4.27. The molecule has 0 saturated heterocycles. The van der Waals surface area contributed by atoms with Crippen LogP contribution in [0.4, 0.5) is 5.69 Å². The number of nitrogens with zero attached hydrogens (tertiary/aromatic N) is 4. The summed E-state index contributed by atoms with van der Waals surface area (Å²) in [5.74, 6) is -0.305. The molecule has 9 heteroatoms. The van der Waals surface area contributed by atoms with Crippen molar-refractivity contribution in [1.29, 1.82) is 0 Å². The first-order valence-electron chi connectivity index (χ1n) is 9.17. The van der Waals surface area contributed by atoms with Crippen LogP contribution in [-0.4, -0.2) is 38.4 Å². The fourth-order valence-corrected chi connectivity index (χ4v) is 2.83. The second-order valence-corrected chi connectivity index (χ2v) is 6.15. The van der Waals surface area contributed by atoms with Crippen LogP contribution in [0.5, 0.6) is 0 Å². The minimum absolute atomic E-state index is 0.100. The van der Waals surface area contributed by atoms with Crippen LogP contribution in [-0.2, 0) is 4.74 Å². The standard InChI is InChI=1S/C21H17N5O4/c1-2-29-21(28)16-13-17(26(25-16)19-8-3-4-10-22-19)14-6-5-7-15(12-14)24-20(27)18-9-11-23-30-18/h3-13H,2H2,1H3,(H,24,27). The number of hydrogen-bond acceptors (Lipinski definition) is 7. The maximum absolute atomic E-state index is 12.2. The number of nitrogens with one attached hydrogen (secondary N) is 1. The monoisotopic (exact) mass is 403 g/mol. The number of pyridine rings is 1. The van der Waals surface area contributed by atoms with Crippen LogP contribution in [0.15, 0.2) is 71.5 Å². The Labute approximate surface area is 171 Å². The molecule has 1 amide bonds. The summed E-state index contributed by atoms with van der Waals surface area (Å²) in [5.41, 5.74) is 2.04. The fourth-order valence-electron chi connectivity index (χ4n) is 2.83. The molecule has 3 heterocycles. The molecule has 4 rings (SSSR count). The van der Waals surface area contributed by atoms with Crippen molar-refractivity contribution in [2.45, 2.75) is 6.92 Å². The highest BCUT2D eigenvalue weighted by atomic mass is 16.5. The van der Waals surface area contributed by atoms with Gasteiger partial charge in [0.15, 0.2) is 11.5 Å². The van der Waals surface area contributed by atoms with Crippen molar-refractivity contribution in [3.05, 3.63) is 78.4 Å². The summed E-state index contributed by atoms with van der Waals surface area (Å²) in [6.07, 6.45) is 3.03. The lowest BCUT2D eigenvalue weighted by atomic mass is 10.1. The van der Waals surface area contributed by atoms with E-state index < -0.39 is 11.9 Å². The molecule has 0 aliphatic heterocycles. The number of aromatic nitrogens is 4. The molecule has 0 unspecified atom stereocenters. The van der Waals surface area contributed by atoms with Gasteiger partial charge in [-0.15, -0.1) is 0 Å². The Morgan fingerprint density at radius 3 is 2.73 bits per heavy atom. The number of amides is 1. The van der Waals surface area contributed by atoms with Gasteiger partial charge in [-0.3, -0.25) is 4.79 Å². The topological polar surface area (TPSA) is 112 Å². The van der Waals surface area contributed by atoms with E-state index in [-0.39, 0.29) is 18.1 Å². The summed E-state index contributed by atoms with van der Waals surface area (Å²) in [5, 5.41) is 10.7. The SMILES string of the molecule is CCOC(=O)c1cc(-c2cccc(NC(=O)c3ccno3)c2)n(-c2ccccn2)n1. The minimum atomic E-state index is -0.525. The fraction of sp³-hybridized carbons (Fsp3) is 0.0952. The van der Waals surface area contributed by atoms with Crippen LogP contribution >= 0.6 is 0 Å². The molecule has 0 fully saturated rings. The number of hydrogen-bond donors (Lipinski definition) is 1. The second-order valence-electron chi connectivity index (χ2n) is 6.15. The quantitative estimate of drug-likeness (QED) is 0.491. The van der Waals surface area contributed by atoms with Crippen molar-refractivity contribution in [3.8, 4) is 17.1 Å². The number of carbonyl (C=O) groups is 2. The summed E-state index contributed by atoms with van der Waals surface area (Å²) >= 11 is 0. The largest absolute Gasteiger partial charge is 0.461 e. The van der Waals surface area contributed by atoms with Gasteiger partial charge in [0.1, 0.15) is 0 Å². The van der Waals surface area contributed by atoms with Crippen LogP contribution in [0.25, 0.3) is 17.1 Å². The summed E-state index contributed by atoms with van der Waals surface area (Å²) in [4.78, 5) is 28.8. The molecule has 150 valence electrons. The third-order valence-corrected chi connectivity index (χ3v) is 4.14. The zero-order valence-electron chi connectivity index (χ0n) is 16.0. The maximum Gasteiger partial charge on any atom is 0.358 e. The van der Waals surface area contributed by atoms with Crippen molar-refractivity contribution in [1.82, 2.24) is 19.9 Å². The Kier molecular flexibility index (Phi) is 5.33. The average Bonchev–Trinajstić information content (AvgIpc) is 3.45. The van der Waals surface area contributed by atoms with E-state index in [4.69, 9.17) is 9.26 Å². The second kappa shape index (κ2) is 8.39. The molecule has 0 spiro atoms. The van der Waals surface area contributed by atoms with E-state index in [0.29, 0.717) is 17.2 Å². The number of benzene rings is 1. The van der Waals surface area contributed by atoms with Crippen molar-refractivity contribution in [2.24, 2.45) is 0 Å². The Balaban J connectivity index is 1.72. The van der Waals surface area contributed by atoms with Gasteiger partial charge in [-0.1, -0.05) is 23.4 Å². The van der Waals surface area contributed by atoms with Crippen LogP contribution in [0, 0.1) is 0 Å². The Morgan fingerprint density at radius 1 is 1.10 bits per heavy atom. The number of rotatable bonds is 6. The summed E-state index contributed by atoms with van der Waals surface area (Å²) in [6.45, 7) is 1.98. The minimum Gasteiger partial charge on any atom is -0.461 e. The molecule has 1 aromatic carbocycles. The molecule has 0 aliphatic carbocycles. The molecule has 0 atom stereocenters. The number of anilines is 1. The van der Waals surface area contributed by atoms with E-state index in [0.717, 1.165) is 5.56 Å². The van der Waals surface area contributed by atoms with Crippen LogP contribution in [0.2, 0.25) is 0 Å². The third-order valence-electron chi connectivity index (χ3n) is 4.14. The molecule has 3 aromatic heterocycles. The zero-order chi connectivity index (χ0) is 20.9. The van der Waals surface area contributed by atoms with E-state index in [1.54, 1.807) is 54.2 Å². The van der Waals surface area contributed by atoms with E-state index in [9.17, 15) is 9.59 Å². The van der Waals surface area contributed by atoms with E-state index >= 15 is 0 Å². The molecular weight excluding hydrogens is 386 g/mol. The van der Waals surface area contributed by atoms with Gasteiger partial charge in [-0.25, -0.2) is 14.5 Å². The highest BCUT2D eigenvalue weighted by molar-refractivity contribution is 6.02. The molecule has 9 nitrogen and oxygen atoms in total. The molecule has 1 N–H and O–H groups in total. The predicted octanol–water partition coefficient (Wildman–Crippen LogP) is 3.35. The van der Waals surface area contributed by atoms with Gasteiger partial charge in [-0.05, 0) is 37.3 Å². The maximum atomic E-state index is 12.2. The predicted molar refractivity (Wildman–Crippen MR) is 107 cm³/mol. The first kappa shape index (κ1) is 19.1. The Morgan fingerprint density at radius 2 is 2.00 bits per heavy atom. The van der Waals surface area contributed by atoms with Crippen molar-refractivity contribution in [3.63, 3.8) is 0 Å². The van der Waals surface area contributed by atoms with Crippen molar-refractivity contribution in [2.75, 3.05) is 11.9 Å². The van der Waals surface area contributed by atoms with Gasteiger partial charge in [0.05, 0.1) is 18.5 Å². The first-order valence-corrected chi connectivity index (χ1v) is 9.17. The molecule has 30 heavy (non-hydrogen) atoms. The third kappa shape index (κ3) is 3.95. The van der Waals surface area contributed by atoms with Gasteiger partial charge in [0, 0.05) is 23.5 Å². The summed E-state index contributed by atoms with van der Waals surface area (Å²) < 4.78 is 11.5. The van der Waals surface area contributed by atoms with Crippen LogP contribution < -0.4 is 5.32 Å². The summed E-state index contributed by atoms with van der Waals surface area (Å²) in [7, 11) is 0. The average molecular weight is 403 g/mol. The smallest absolute Gasteiger partial charge is 0.358 e. The lowest BCUT2D eigenvalue weighted by Gasteiger charge is -2.08. The molecule has 0 saturated carbocycles. The van der Waals surface area contributed by atoms with Crippen LogP contribution in [0.1, 0.15) is 28.0 Å². The summed E-state index contributed by atoms with van der Waals surface area (Å²) in [6, 6.07) is 15.6. The van der Waals surface area contributed by atoms with E-state index in [1.807, 2.05) is 12.1 Å². The van der Waals surface area contributed by atoms with Gasteiger partial charge < -0.3 is 14.6 Å². The van der Waals surface area contributed by atoms with Gasteiger partial charge in [-0.2, -0.15) is 5.10 Å². The molecule has 4 aromatic rings. The molecule has 0 aliphatic rings. The highest BCUT2D eigenvalue weighted by Gasteiger charge is 2.19. The zero-order valence-corrected chi connectivity index (χ0v) is 16.0. The van der Waals surface area contributed by atoms with Gasteiger partial charge in [0.25, 0.3) is 5.91 Å². The number of ether oxygens (including phenoxy) is 1. The molecule has 0 radical (unpaired) electrons. The molecule has 0 bridgehead atoms.